The van der Waals surface area contributed by atoms with Crippen LogP contribution >= 0.6 is 0 Å². The summed E-state index contributed by atoms with van der Waals surface area (Å²) in [5.74, 6) is -0.251. The molecule has 1 amide bonds. The van der Waals surface area contributed by atoms with Crippen molar-refractivity contribution >= 4 is 11.6 Å². The van der Waals surface area contributed by atoms with Crippen molar-refractivity contribution in [2.45, 2.75) is 26.9 Å². The minimum Gasteiger partial charge on any atom is -0.395 e. The maximum Gasteiger partial charge on any atom is 0.271 e. The molecule has 1 heterocycles. The molecule has 6 nitrogen and oxygen atoms in total. The maximum atomic E-state index is 12.3. The number of hydrogen-bond acceptors (Lipinski definition) is 4. The quantitative estimate of drug-likeness (QED) is 0.890. The Bertz CT molecular complexity index is 694. The topological polar surface area (TPSA) is 96.7 Å². The second-order valence-electron chi connectivity index (χ2n) is 4.65. The third-order valence-electron chi connectivity index (χ3n) is 3.22. The van der Waals surface area contributed by atoms with Crippen molar-refractivity contribution in [2.75, 3.05) is 5.73 Å². The lowest BCUT2D eigenvalue weighted by Crippen LogP contribution is -2.26. The third kappa shape index (κ3) is 3.03. The summed E-state index contributed by atoms with van der Waals surface area (Å²) in [7, 11) is 0. The number of aromatic nitrogens is 2. The van der Waals surface area contributed by atoms with Crippen LogP contribution in [-0.2, 0) is 13.1 Å². The summed E-state index contributed by atoms with van der Waals surface area (Å²) in [6.07, 6.45) is 0. The second-order valence-corrected chi connectivity index (χ2v) is 4.65. The van der Waals surface area contributed by atoms with Crippen LogP contribution in [0.4, 0.5) is 5.69 Å². The van der Waals surface area contributed by atoms with Gasteiger partial charge in [-0.15, -0.1) is 0 Å². The van der Waals surface area contributed by atoms with Gasteiger partial charge in [0, 0.05) is 13.1 Å². The molecular formula is C15H17N5O. The average Bonchev–Trinajstić information content (AvgIpc) is 2.80. The van der Waals surface area contributed by atoms with E-state index in [1.165, 1.54) is 0 Å². The van der Waals surface area contributed by atoms with E-state index in [2.05, 4.69) is 16.5 Å². The fourth-order valence-electron chi connectivity index (χ4n) is 2.03. The Labute approximate surface area is 123 Å². The zero-order valence-corrected chi connectivity index (χ0v) is 12.1. The molecular weight excluding hydrogens is 266 g/mol. The molecule has 1 aromatic heterocycles. The fourth-order valence-corrected chi connectivity index (χ4v) is 2.03. The molecule has 21 heavy (non-hydrogen) atoms. The van der Waals surface area contributed by atoms with Crippen LogP contribution in [0.15, 0.2) is 24.3 Å². The number of nitriles is 1. The summed E-state index contributed by atoms with van der Waals surface area (Å²) in [4.78, 5) is 12.3. The van der Waals surface area contributed by atoms with Crippen LogP contribution in [0.2, 0.25) is 0 Å². The lowest BCUT2D eigenvalue weighted by molar-refractivity contribution is 0.0941. The molecule has 0 aliphatic rings. The summed E-state index contributed by atoms with van der Waals surface area (Å²) in [5, 5.41) is 15.8. The van der Waals surface area contributed by atoms with Crippen molar-refractivity contribution in [3.8, 4) is 6.07 Å². The highest BCUT2D eigenvalue weighted by Crippen LogP contribution is 2.16. The van der Waals surface area contributed by atoms with Crippen LogP contribution in [0, 0.1) is 18.3 Å². The van der Waals surface area contributed by atoms with E-state index in [1.807, 2.05) is 19.1 Å². The molecule has 2 aromatic rings. The number of anilines is 1. The number of benzene rings is 1. The van der Waals surface area contributed by atoms with Gasteiger partial charge in [-0.05, 0) is 31.5 Å². The maximum absolute atomic E-state index is 12.3. The monoisotopic (exact) mass is 283 g/mol. The number of nitrogens with one attached hydrogen (secondary N) is 1. The van der Waals surface area contributed by atoms with Crippen LogP contribution in [0.25, 0.3) is 0 Å². The molecule has 108 valence electrons. The minimum atomic E-state index is -0.251. The predicted molar refractivity (Wildman–Crippen MR) is 79.4 cm³/mol. The van der Waals surface area contributed by atoms with Gasteiger partial charge >= 0.3 is 0 Å². The van der Waals surface area contributed by atoms with Crippen molar-refractivity contribution in [3.05, 3.63) is 46.8 Å². The molecule has 6 heteroatoms. The Balaban J connectivity index is 2.10. The molecule has 0 bridgehead atoms. The first-order chi connectivity index (χ1) is 10.1. The average molecular weight is 283 g/mol. The Morgan fingerprint density at radius 1 is 1.43 bits per heavy atom. The molecule has 0 atom stereocenters. The normalized spacial score (nSPS) is 10.1. The van der Waals surface area contributed by atoms with Gasteiger partial charge in [-0.3, -0.25) is 9.48 Å². The first-order valence-electron chi connectivity index (χ1n) is 6.67. The number of amides is 1. The Morgan fingerprint density at radius 3 is 2.67 bits per heavy atom. The Morgan fingerprint density at radius 2 is 2.10 bits per heavy atom. The van der Waals surface area contributed by atoms with Gasteiger partial charge in [-0.1, -0.05) is 12.1 Å². The van der Waals surface area contributed by atoms with Crippen molar-refractivity contribution in [1.29, 1.82) is 5.26 Å². The molecule has 0 saturated heterocycles. The standard InChI is InChI=1S/C15H17N5O/c1-3-20-14(13(17)10(2)19-20)15(21)18-9-12-6-4-11(8-16)5-7-12/h4-7H,3,9,17H2,1-2H3,(H,18,21). The van der Waals surface area contributed by atoms with Crippen molar-refractivity contribution in [2.24, 2.45) is 0 Å². The van der Waals surface area contributed by atoms with Gasteiger partial charge in [0.1, 0.15) is 5.69 Å². The zero-order valence-electron chi connectivity index (χ0n) is 12.1. The van der Waals surface area contributed by atoms with Gasteiger partial charge in [0.2, 0.25) is 0 Å². The largest absolute Gasteiger partial charge is 0.395 e. The van der Waals surface area contributed by atoms with Gasteiger partial charge in [0.25, 0.3) is 5.91 Å². The summed E-state index contributed by atoms with van der Waals surface area (Å²) in [6, 6.07) is 9.11. The fraction of sp³-hybridized carbons (Fsp3) is 0.267. The SMILES string of the molecule is CCn1nc(C)c(N)c1C(=O)NCc1ccc(C#N)cc1. The number of hydrogen-bond donors (Lipinski definition) is 2. The molecule has 0 fully saturated rings. The molecule has 0 aliphatic carbocycles. The van der Waals surface area contributed by atoms with E-state index >= 15 is 0 Å². The zero-order chi connectivity index (χ0) is 15.4. The molecule has 0 unspecified atom stereocenters. The van der Waals surface area contributed by atoms with Crippen LogP contribution in [0.1, 0.15) is 34.2 Å². The molecule has 0 saturated carbocycles. The highest BCUT2D eigenvalue weighted by Gasteiger charge is 2.18. The molecule has 3 N–H and O–H groups in total. The number of nitrogen functional groups attached to an aromatic ring is 1. The Kier molecular flexibility index (Phi) is 4.24. The lowest BCUT2D eigenvalue weighted by Gasteiger charge is -2.08. The van der Waals surface area contributed by atoms with E-state index < -0.39 is 0 Å². The highest BCUT2D eigenvalue weighted by atomic mass is 16.2. The number of carbonyl (C=O) groups is 1. The van der Waals surface area contributed by atoms with Gasteiger partial charge < -0.3 is 11.1 Å². The summed E-state index contributed by atoms with van der Waals surface area (Å²) in [5.41, 5.74) is 8.87. The van der Waals surface area contributed by atoms with Crippen molar-refractivity contribution < 1.29 is 4.79 Å². The lowest BCUT2D eigenvalue weighted by atomic mass is 10.1. The van der Waals surface area contributed by atoms with E-state index in [9.17, 15) is 4.79 Å². The van der Waals surface area contributed by atoms with E-state index in [1.54, 1.807) is 23.7 Å². The summed E-state index contributed by atoms with van der Waals surface area (Å²) in [6.45, 7) is 4.64. The van der Waals surface area contributed by atoms with E-state index in [-0.39, 0.29) is 5.91 Å². The number of nitrogens with zero attached hydrogens (tertiary/aromatic N) is 3. The molecule has 2 rings (SSSR count). The van der Waals surface area contributed by atoms with E-state index in [0.29, 0.717) is 35.7 Å². The second kappa shape index (κ2) is 6.09. The highest BCUT2D eigenvalue weighted by molar-refractivity contribution is 5.97. The number of carbonyl (C=O) groups excluding carboxylic acids is 1. The van der Waals surface area contributed by atoms with Crippen LogP contribution in [-0.4, -0.2) is 15.7 Å². The molecule has 0 aliphatic heterocycles. The van der Waals surface area contributed by atoms with Gasteiger partial charge in [0.05, 0.1) is 23.0 Å². The molecule has 1 aromatic carbocycles. The minimum absolute atomic E-state index is 0.251. The number of nitrogens with two attached hydrogens (primary N) is 1. The van der Waals surface area contributed by atoms with Crippen LogP contribution in [0.3, 0.4) is 0 Å². The van der Waals surface area contributed by atoms with Crippen molar-refractivity contribution in [1.82, 2.24) is 15.1 Å². The number of rotatable bonds is 4. The van der Waals surface area contributed by atoms with Crippen LogP contribution < -0.4 is 11.1 Å². The van der Waals surface area contributed by atoms with Gasteiger partial charge in [-0.25, -0.2) is 0 Å². The third-order valence-corrected chi connectivity index (χ3v) is 3.22. The van der Waals surface area contributed by atoms with Gasteiger partial charge in [0.15, 0.2) is 0 Å². The Hall–Kier alpha value is -2.81. The van der Waals surface area contributed by atoms with Gasteiger partial charge in [-0.2, -0.15) is 10.4 Å². The summed E-state index contributed by atoms with van der Waals surface area (Å²) >= 11 is 0. The summed E-state index contributed by atoms with van der Waals surface area (Å²) < 4.78 is 1.60. The van der Waals surface area contributed by atoms with E-state index in [0.717, 1.165) is 5.56 Å². The van der Waals surface area contributed by atoms with E-state index in [4.69, 9.17) is 11.0 Å². The predicted octanol–water partition coefficient (Wildman–Crippen LogP) is 1.60. The number of aryl methyl sites for hydroxylation is 2. The first-order valence-corrected chi connectivity index (χ1v) is 6.67. The first kappa shape index (κ1) is 14.6. The van der Waals surface area contributed by atoms with Crippen LogP contribution in [0.5, 0.6) is 0 Å². The van der Waals surface area contributed by atoms with Crippen molar-refractivity contribution in [3.63, 3.8) is 0 Å². The molecule has 0 spiro atoms. The smallest absolute Gasteiger partial charge is 0.271 e. The molecule has 0 radical (unpaired) electrons.